The Morgan fingerprint density at radius 1 is 1.26 bits per heavy atom. The number of halogens is 1. The molecule has 1 atom stereocenters. The molecule has 4 heteroatoms. The number of aliphatic hydroxyl groups is 1. The number of hydrogen-bond acceptors (Lipinski definition) is 3. The van der Waals surface area contributed by atoms with Gasteiger partial charge in [-0.2, -0.15) is 0 Å². The van der Waals surface area contributed by atoms with Gasteiger partial charge in [-0.15, -0.1) is 0 Å². The summed E-state index contributed by atoms with van der Waals surface area (Å²) in [4.78, 5) is 0. The van der Waals surface area contributed by atoms with E-state index in [0.29, 0.717) is 17.0 Å². The monoisotopic (exact) mass is 321 g/mol. The fourth-order valence-corrected chi connectivity index (χ4v) is 2.40. The first-order valence-electron chi connectivity index (χ1n) is 5.99. The van der Waals surface area contributed by atoms with Crippen molar-refractivity contribution < 1.29 is 9.84 Å². The Morgan fingerprint density at radius 3 is 2.68 bits per heavy atom. The quantitative estimate of drug-likeness (QED) is 0.848. The standard InChI is InChI=1S/C15H16BrNO2/c1-10-6-7-15(12(16)8-10)19-9-14(18)11-4-2-3-5-13(11)17/h2-8,14,18H,9,17H2,1H3. The van der Waals surface area contributed by atoms with E-state index >= 15 is 0 Å². The first-order chi connectivity index (χ1) is 9.08. The van der Waals surface area contributed by atoms with E-state index in [4.69, 9.17) is 10.5 Å². The molecule has 0 bridgehead atoms. The van der Waals surface area contributed by atoms with Gasteiger partial charge in [0.25, 0.3) is 0 Å². The molecule has 0 aliphatic heterocycles. The molecular formula is C15H16BrNO2. The third kappa shape index (κ3) is 3.49. The second-order valence-corrected chi connectivity index (χ2v) is 5.24. The molecule has 19 heavy (non-hydrogen) atoms. The SMILES string of the molecule is Cc1ccc(OCC(O)c2ccccc2N)c(Br)c1. The predicted octanol–water partition coefficient (Wildman–Crippen LogP) is 3.45. The lowest BCUT2D eigenvalue weighted by Crippen LogP contribution is -2.11. The lowest BCUT2D eigenvalue weighted by atomic mass is 10.1. The van der Waals surface area contributed by atoms with E-state index in [9.17, 15) is 5.11 Å². The van der Waals surface area contributed by atoms with Crippen molar-refractivity contribution in [3.8, 4) is 5.75 Å². The molecule has 0 aromatic heterocycles. The van der Waals surface area contributed by atoms with Gasteiger partial charge in [-0.1, -0.05) is 24.3 Å². The zero-order valence-electron chi connectivity index (χ0n) is 10.6. The molecule has 1 unspecified atom stereocenters. The number of aryl methyl sites for hydroxylation is 1. The molecule has 0 fully saturated rings. The minimum atomic E-state index is -0.741. The summed E-state index contributed by atoms with van der Waals surface area (Å²) in [5, 5.41) is 10.1. The number of para-hydroxylation sites is 1. The van der Waals surface area contributed by atoms with E-state index in [1.54, 1.807) is 12.1 Å². The normalized spacial score (nSPS) is 12.2. The molecule has 0 saturated carbocycles. The van der Waals surface area contributed by atoms with Crippen molar-refractivity contribution >= 4 is 21.6 Å². The second-order valence-electron chi connectivity index (χ2n) is 4.39. The second kappa shape index (κ2) is 6.08. The van der Waals surface area contributed by atoms with Crippen LogP contribution >= 0.6 is 15.9 Å². The Morgan fingerprint density at radius 2 is 2.00 bits per heavy atom. The molecule has 0 spiro atoms. The molecule has 0 amide bonds. The van der Waals surface area contributed by atoms with E-state index in [1.165, 1.54) is 0 Å². The zero-order chi connectivity index (χ0) is 13.8. The Bertz CT molecular complexity index is 572. The van der Waals surface area contributed by atoms with E-state index in [0.717, 1.165) is 10.0 Å². The average Bonchev–Trinajstić information content (AvgIpc) is 2.38. The maximum absolute atomic E-state index is 10.1. The van der Waals surface area contributed by atoms with Crippen LogP contribution in [0.2, 0.25) is 0 Å². The number of aliphatic hydroxyl groups excluding tert-OH is 1. The number of ether oxygens (including phenoxy) is 1. The summed E-state index contributed by atoms with van der Waals surface area (Å²) in [5.74, 6) is 0.708. The van der Waals surface area contributed by atoms with Crippen molar-refractivity contribution in [1.82, 2.24) is 0 Å². The zero-order valence-corrected chi connectivity index (χ0v) is 12.2. The van der Waals surface area contributed by atoms with Crippen LogP contribution in [0.4, 0.5) is 5.69 Å². The van der Waals surface area contributed by atoms with Crippen LogP contribution in [0.5, 0.6) is 5.75 Å². The van der Waals surface area contributed by atoms with Gasteiger partial charge < -0.3 is 15.6 Å². The van der Waals surface area contributed by atoms with Gasteiger partial charge in [0.15, 0.2) is 0 Å². The third-order valence-electron chi connectivity index (χ3n) is 2.84. The van der Waals surface area contributed by atoms with Gasteiger partial charge in [0.1, 0.15) is 18.5 Å². The first kappa shape index (κ1) is 13.9. The van der Waals surface area contributed by atoms with Crippen molar-refractivity contribution in [1.29, 1.82) is 0 Å². The van der Waals surface area contributed by atoms with Crippen LogP contribution in [0.25, 0.3) is 0 Å². The van der Waals surface area contributed by atoms with Gasteiger partial charge in [0, 0.05) is 11.3 Å². The van der Waals surface area contributed by atoms with Crippen molar-refractivity contribution in [2.75, 3.05) is 12.3 Å². The lowest BCUT2D eigenvalue weighted by molar-refractivity contribution is 0.108. The van der Waals surface area contributed by atoms with Crippen LogP contribution in [-0.4, -0.2) is 11.7 Å². The van der Waals surface area contributed by atoms with E-state index in [-0.39, 0.29) is 6.61 Å². The summed E-state index contributed by atoms with van der Waals surface area (Å²) in [6, 6.07) is 13.1. The highest BCUT2D eigenvalue weighted by Gasteiger charge is 2.12. The summed E-state index contributed by atoms with van der Waals surface area (Å²) >= 11 is 3.44. The minimum absolute atomic E-state index is 0.163. The summed E-state index contributed by atoms with van der Waals surface area (Å²) in [5.41, 5.74) is 8.22. The average molecular weight is 322 g/mol. The molecule has 100 valence electrons. The molecule has 2 aromatic carbocycles. The molecule has 0 radical (unpaired) electrons. The van der Waals surface area contributed by atoms with Crippen molar-refractivity contribution in [2.45, 2.75) is 13.0 Å². The Balaban J connectivity index is 2.04. The number of hydrogen-bond donors (Lipinski definition) is 2. The molecule has 2 rings (SSSR count). The Hall–Kier alpha value is -1.52. The molecule has 2 aromatic rings. The van der Waals surface area contributed by atoms with E-state index in [1.807, 2.05) is 37.3 Å². The molecule has 0 aliphatic carbocycles. The topological polar surface area (TPSA) is 55.5 Å². The number of benzene rings is 2. The minimum Gasteiger partial charge on any atom is -0.489 e. The molecule has 3 nitrogen and oxygen atoms in total. The Labute approximate surface area is 121 Å². The highest BCUT2D eigenvalue weighted by Crippen LogP contribution is 2.27. The van der Waals surface area contributed by atoms with Gasteiger partial charge in [-0.25, -0.2) is 0 Å². The molecule has 0 saturated heterocycles. The van der Waals surface area contributed by atoms with Crippen molar-refractivity contribution in [2.24, 2.45) is 0 Å². The van der Waals surface area contributed by atoms with Crippen LogP contribution < -0.4 is 10.5 Å². The van der Waals surface area contributed by atoms with Crippen LogP contribution in [0.3, 0.4) is 0 Å². The van der Waals surface area contributed by atoms with Gasteiger partial charge in [0.2, 0.25) is 0 Å². The van der Waals surface area contributed by atoms with Crippen LogP contribution in [0.15, 0.2) is 46.9 Å². The van der Waals surface area contributed by atoms with Crippen LogP contribution in [0, 0.1) is 6.92 Å². The predicted molar refractivity (Wildman–Crippen MR) is 80.2 cm³/mol. The fourth-order valence-electron chi connectivity index (χ4n) is 1.80. The summed E-state index contributed by atoms with van der Waals surface area (Å²) in [6.07, 6.45) is -0.741. The third-order valence-corrected chi connectivity index (χ3v) is 3.46. The van der Waals surface area contributed by atoms with Gasteiger partial charge in [-0.05, 0) is 46.6 Å². The van der Waals surface area contributed by atoms with E-state index < -0.39 is 6.10 Å². The largest absolute Gasteiger partial charge is 0.489 e. The number of anilines is 1. The highest BCUT2D eigenvalue weighted by molar-refractivity contribution is 9.10. The van der Waals surface area contributed by atoms with Gasteiger partial charge in [0.05, 0.1) is 4.47 Å². The fraction of sp³-hybridized carbons (Fsp3) is 0.200. The molecule has 3 N–H and O–H groups in total. The maximum atomic E-state index is 10.1. The highest BCUT2D eigenvalue weighted by atomic mass is 79.9. The van der Waals surface area contributed by atoms with Crippen LogP contribution in [-0.2, 0) is 0 Å². The molecular weight excluding hydrogens is 306 g/mol. The molecule has 0 aliphatic rings. The summed E-state index contributed by atoms with van der Waals surface area (Å²) in [6.45, 7) is 2.17. The van der Waals surface area contributed by atoms with Gasteiger partial charge in [-0.3, -0.25) is 0 Å². The summed E-state index contributed by atoms with van der Waals surface area (Å²) < 4.78 is 6.49. The number of nitrogens with two attached hydrogens (primary N) is 1. The van der Waals surface area contributed by atoms with Crippen molar-refractivity contribution in [3.63, 3.8) is 0 Å². The van der Waals surface area contributed by atoms with Gasteiger partial charge >= 0.3 is 0 Å². The van der Waals surface area contributed by atoms with E-state index in [2.05, 4.69) is 15.9 Å². The molecule has 0 heterocycles. The lowest BCUT2D eigenvalue weighted by Gasteiger charge is -2.15. The Kier molecular flexibility index (Phi) is 4.45. The van der Waals surface area contributed by atoms with Crippen molar-refractivity contribution in [3.05, 3.63) is 58.1 Å². The smallest absolute Gasteiger partial charge is 0.133 e. The van der Waals surface area contributed by atoms with Crippen LogP contribution in [0.1, 0.15) is 17.2 Å². The number of rotatable bonds is 4. The summed E-state index contributed by atoms with van der Waals surface area (Å²) in [7, 11) is 0. The first-order valence-corrected chi connectivity index (χ1v) is 6.78. The number of nitrogen functional groups attached to an aromatic ring is 1. The maximum Gasteiger partial charge on any atom is 0.133 e.